The predicted molar refractivity (Wildman–Crippen MR) is 99.4 cm³/mol. The van der Waals surface area contributed by atoms with Crippen molar-refractivity contribution < 1.29 is 29.2 Å². The van der Waals surface area contributed by atoms with Crippen LogP contribution in [0, 0.1) is 0 Å². The van der Waals surface area contributed by atoms with Crippen molar-refractivity contribution in [1.29, 1.82) is 0 Å². The van der Waals surface area contributed by atoms with E-state index in [9.17, 15) is 9.90 Å². The highest BCUT2D eigenvalue weighted by Gasteiger charge is 2.25. The number of methoxy groups -OCH3 is 1. The van der Waals surface area contributed by atoms with Gasteiger partial charge in [-0.1, -0.05) is 19.8 Å². The second-order valence-electron chi connectivity index (χ2n) is 6.95. The van der Waals surface area contributed by atoms with Crippen molar-refractivity contribution in [2.45, 2.75) is 82.6 Å². The molecule has 4 atom stereocenters. The number of nitrogens with one attached hydrogen (secondary N) is 1. The Balaban J connectivity index is 2.45. The number of hydrogen-bond donors (Lipinski definition) is 3. The molecule has 0 spiro atoms. The summed E-state index contributed by atoms with van der Waals surface area (Å²) >= 11 is 0. The maximum absolute atomic E-state index is 11.5. The molecule has 0 amide bonds. The molecular weight excluding hydrogens is 338 g/mol. The monoisotopic (exact) mass is 375 g/mol. The van der Waals surface area contributed by atoms with Gasteiger partial charge in [-0.3, -0.25) is 10.1 Å². The number of carbonyl (C=O) groups is 1. The van der Waals surface area contributed by atoms with Gasteiger partial charge in [-0.15, -0.1) is 0 Å². The van der Waals surface area contributed by atoms with E-state index >= 15 is 0 Å². The highest BCUT2D eigenvalue weighted by atomic mass is 16.5. The minimum Gasteiger partial charge on any atom is -0.480 e. The fourth-order valence-electron chi connectivity index (χ4n) is 3.40. The van der Waals surface area contributed by atoms with Gasteiger partial charge in [0.05, 0.1) is 32.0 Å². The maximum Gasteiger partial charge on any atom is 0.320 e. The zero-order chi connectivity index (χ0) is 19.2. The van der Waals surface area contributed by atoms with Crippen molar-refractivity contribution in [3.8, 4) is 0 Å². The number of rotatable bonds is 15. The molecule has 0 aromatic rings. The fraction of sp³-hybridized carbons (Fsp3) is 0.947. The molecule has 1 rings (SSSR count). The van der Waals surface area contributed by atoms with Gasteiger partial charge in [-0.25, -0.2) is 0 Å². The van der Waals surface area contributed by atoms with E-state index in [2.05, 4.69) is 12.2 Å². The van der Waals surface area contributed by atoms with Crippen molar-refractivity contribution >= 4 is 5.97 Å². The molecule has 1 aliphatic heterocycles. The maximum atomic E-state index is 11.5. The topological polar surface area (TPSA) is 97.2 Å². The van der Waals surface area contributed by atoms with E-state index in [0.717, 1.165) is 51.6 Å². The molecule has 0 aromatic heterocycles. The quantitative estimate of drug-likeness (QED) is 0.402. The van der Waals surface area contributed by atoms with E-state index in [1.807, 2.05) is 0 Å². The van der Waals surface area contributed by atoms with Crippen LogP contribution >= 0.6 is 0 Å². The van der Waals surface area contributed by atoms with Crippen LogP contribution in [0.2, 0.25) is 0 Å². The van der Waals surface area contributed by atoms with Gasteiger partial charge in [0.1, 0.15) is 6.04 Å². The first-order valence-electron chi connectivity index (χ1n) is 9.94. The molecule has 0 aliphatic carbocycles. The largest absolute Gasteiger partial charge is 0.480 e. The normalized spacial score (nSPS) is 21.3. The second kappa shape index (κ2) is 14.3. The summed E-state index contributed by atoms with van der Waals surface area (Å²) in [6, 6.07) is -0.445. The third-order valence-electron chi connectivity index (χ3n) is 4.86. The van der Waals surface area contributed by atoms with Crippen LogP contribution in [0.1, 0.15) is 58.3 Å². The van der Waals surface area contributed by atoms with Crippen molar-refractivity contribution in [3.63, 3.8) is 0 Å². The SMILES string of the molecule is CCCC[C@@H](OCCO)[C@H](CCC[C@H](N[C@@H]1CCCOC1)C(=O)O)OC. The number of unbranched alkanes of at least 4 members (excludes halogenated alkanes) is 1. The number of aliphatic carboxylic acids is 1. The van der Waals surface area contributed by atoms with Crippen molar-refractivity contribution in [3.05, 3.63) is 0 Å². The highest BCUT2D eigenvalue weighted by molar-refractivity contribution is 5.73. The van der Waals surface area contributed by atoms with Gasteiger partial charge >= 0.3 is 5.97 Å². The Hall–Kier alpha value is -0.730. The van der Waals surface area contributed by atoms with Gasteiger partial charge in [0.15, 0.2) is 0 Å². The van der Waals surface area contributed by atoms with Crippen LogP contribution in [0.4, 0.5) is 0 Å². The molecule has 154 valence electrons. The molecule has 0 bridgehead atoms. The Kier molecular flexibility index (Phi) is 12.9. The Morgan fingerprint density at radius 2 is 2.04 bits per heavy atom. The molecule has 0 unspecified atom stereocenters. The van der Waals surface area contributed by atoms with Crippen LogP contribution in [-0.2, 0) is 19.0 Å². The standard InChI is InChI=1S/C19H37NO6/c1-3-4-9-18(26-13-11-21)17(24-2)10-5-8-16(19(22)23)20-15-7-6-12-25-14-15/h15-18,20-21H,3-14H2,1-2H3,(H,22,23)/t15-,16+,17+,18-/m1/s1. The van der Waals surface area contributed by atoms with Crippen LogP contribution in [0.15, 0.2) is 0 Å². The molecule has 0 aromatic carbocycles. The van der Waals surface area contributed by atoms with Crippen LogP contribution in [-0.4, -0.2) is 74.0 Å². The Labute approximate surface area is 157 Å². The lowest BCUT2D eigenvalue weighted by molar-refractivity contribution is -0.140. The Morgan fingerprint density at radius 3 is 2.62 bits per heavy atom. The highest BCUT2D eigenvalue weighted by Crippen LogP contribution is 2.18. The number of carboxylic acid groups (broad SMARTS) is 1. The summed E-state index contributed by atoms with van der Waals surface area (Å²) in [6.45, 7) is 3.77. The average Bonchev–Trinajstić information content (AvgIpc) is 2.65. The average molecular weight is 376 g/mol. The molecule has 0 saturated carbocycles. The van der Waals surface area contributed by atoms with E-state index in [4.69, 9.17) is 19.3 Å². The van der Waals surface area contributed by atoms with Crippen LogP contribution in [0.3, 0.4) is 0 Å². The molecule has 7 heteroatoms. The minimum absolute atomic E-state index is 0.00642. The molecule has 7 nitrogen and oxygen atoms in total. The van der Waals surface area contributed by atoms with Gasteiger partial charge in [0, 0.05) is 19.8 Å². The van der Waals surface area contributed by atoms with Crippen LogP contribution in [0.5, 0.6) is 0 Å². The zero-order valence-electron chi connectivity index (χ0n) is 16.3. The number of aliphatic hydroxyl groups is 1. The van der Waals surface area contributed by atoms with E-state index in [1.165, 1.54) is 0 Å². The molecule has 1 heterocycles. The van der Waals surface area contributed by atoms with Gasteiger partial charge < -0.3 is 24.4 Å². The lowest BCUT2D eigenvalue weighted by atomic mass is 9.99. The van der Waals surface area contributed by atoms with Crippen molar-refractivity contribution in [2.75, 3.05) is 33.5 Å². The Morgan fingerprint density at radius 1 is 1.27 bits per heavy atom. The van der Waals surface area contributed by atoms with E-state index in [1.54, 1.807) is 7.11 Å². The van der Waals surface area contributed by atoms with E-state index in [-0.39, 0.29) is 24.9 Å². The first kappa shape index (κ1) is 23.3. The van der Waals surface area contributed by atoms with E-state index < -0.39 is 12.0 Å². The number of hydrogen-bond acceptors (Lipinski definition) is 6. The minimum atomic E-state index is -0.816. The third-order valence-corrected chi connectivity index (χ3v) is 4.86. The van der Waals surface area contributed by atoms with E-state index in [0.29, 0.717) is 19.6 Å². The van der Waals surface area contributed by atoms with Crippen molar-refractivity contribution in [1.82, 2.24) is 5.32 Å². The molecular formula is C19H37NO6. The lowest BCUT2D eigenvalue weighted by Gasteiger charge is -2.28. The summed E-state index contributed by atoms with van der Waals surface area (Å²) in [5.74, 6) is -0.816. The zero-order valence-corrected chi connectivity index (χ0v) is 16.3. The van der Waals surface area contributed by atoms with Gasteiger partial charge in [-0.2, -0.15) is 0 Å². The smallest absolute Gasteiger partial charge is 0.320 e. The van der Waals surface area contributed by atoms with Gasteiger partial charge in [0.2, 0.25) is 0 Å². The molecule has 1 aliphatic rings. The summed E-state index contributed by atoms with van der Waals surface area (Å²) in [5.41, 5.74) is 0. The van der Waals surface area contributed by atoms with Crippen LogP contribution in [0.25, 0.3) is 0 Å². The van der Waals surface area contributed by atoms with Crippen molar-refractivity contribution in [2.24, 2.45) is 0 Å². The summed E-state index contributed by atoms with van der Waals surface area (Å²) in [5, 5.41) is 21.7. The Bertz CT molecular complexity index is 354. The second-order valence-corrected chi connectivity index (χ2v) is 6.95. The summed E-state index contributed by atoms with van der Waals surface area (Å²) in [6.07, 6.45) is 6.80. The third kappa shape index (κ3) is 9.28. The lowest BCUT2D eigenvalue weighted by Crippen LogP contribution is -2.47. The van der Waals surface area contributed by atoms with Gasteiger partial charge in [-0.05, 0) is 38.5 Å². The summed E-state index contributed by atoms with van der Waals surface area (Å²) in [7, 11) is 1.66. The summed E-state index contributed by atoms with van der Waals surface area (Å²) < 4.78 is 16.8. The first-order chi connectivity index (χ1) is 12.6. The fourth-order valence-corrected chi connectivity index (χ4v) is 3.40. The molecule has 0 radical (unpaired) electrons. The number of ether oxygens (including phenoxy) is 3. The summed E-state index contributed by atoms with van der Waals surface area (Å²) in [4.78, 5) is 11.5. The number of carboxylic acids is 1. The van der Waals surface area contributed by atoms with Gasteiger partial charge in [0.25, 0.3) is 0 Å². The molecule has 1 saturated heterocycles. The molecule has 3 N–H and O–H groups in total. The first-order valence-corrected chi connectivity index (χ1v) is 9.94. The van der Waals surface area contributed by atoms with Crippen LogP contribution < -0.4 is 5.32 Å². The molecule has 26 heavy (non-hydrogen) atoms. The predicted octanol–water partition coefficient (Wildman–Crippen LogP) is 1.96. The number of aliphatic hydroxyl groups excluding tert-OH is 1. The molecule has 1 fully saturated rings.